The minimum absolute atomic E-state index is 0.0186. The number of halogens is 1. The van der Waals surface area contributed by atoms with Gasteiger partial charge in [-0.25, -0.2) is 0 Å². The van der Waals surface area contributed by atoms with Crippen LogP contribution in [0.3, 0.4) is 0 Å². The fraction of sp³-hybridized carbons (Fsp3) is 0.231. The molecule has 6 rings (SSSR count). The predicted octanol–water partition coefficient (Wildman–Crippen LogP) is 7.95. The number of hydrogen-bond acceptors (Lipinski definition) is 4. The van der Waals surface area contributed by atoms with E-state index in [9.17, 15) is 14.7 Å². The molecule has 8 heteroatoms. The summed E-state index contributed by atoms with van der Waals surface area (Å²) in [7, 11) is 4.02. The fourth-order valence-electron chi connectivity index (χ4n) is 6.38. The van der Waals surface area contributed by atoms with Gasteiger partial charge in [0.1, 0.15) is 5.75 Å². The van der Waals surface area contributed by atoms with Gasteiger partial charge in [-0.3, -0.25) is 14.5 Å². The van der Waals surface area contributed by atoms with Gasteiger partial charge in [-0.1, -0.05) is 54.1 Å². The van der Waals surface area contributed by atoms with Crippen molar-refractivity contribution in [3.63, 3.8) is 0 Å². The summed E-state index contributed by atoms with van der Waals surface area (Å²) < 4.78 is 2.12. The van der Waals surface area contributed by atoms with E-state index in [1.165, 1.54) is 5.56 Å². The van der Waals surface area contributed by atoms with E-state index in [2.05, 4.69) is 28.5 Å². The van der Waals surface area contributed by atoms with Crippen LogP contribution in [0.15, 0.2) is 103 Å². The lowest BCUT2D eigenvalue weighted by Gasteiger charge is -2.35. The van der Waals surface area contributed by atoms with Crippen LogP contribution < -0.4 is 4.90 Å². The number of anilines is 2. The molecule has 0 spiro atoms. The van der Waals surface area contributed by atoms with E-state index in [1.54, 1.807) is 41.3 Å². The quantitative estimate of drug-likeness (QED) is 0.186. The highest BCUT2D eigenvalue weighted by Gasteiger charge is 2.31. The molecular weight excluding hydrogens is 608 g/mol. The van der Waals surface area contributed by atoms with Crippen LogP contribution in [0, 0.1) is 6.92 Å². The first-order chi connectivity index (χ1) is 22.6. The second-order valence-corrected chi connectivity index (χ2v) is 12.9. The predicted molar refractivity (Wildman–Crippen MR) is 189 cm³/mol. The Balaban J connectivity index is 1.47. The zero-order valence-electron chi connectivity index (χ0n) is 27.2. The molecule has 1 aromatic heterocycles. The van der Waals surface area contributed by atoms with E-state index >= 15 is 0 Å². The van der Waals surface area contributed by atoms with E-state index in [0.29, 0.717) is 46.2 Å². The van der Waals surface area contributed by atoms with Crippen molar-refractivity contribution in [2.24, 2.45) is 0 Å². The molecule has 7 nitrogen and oxygen atoms in total. The molecule has 0 radical (unpaired) electrons. The van der Waals surface area contributed by atoms with Crippen molar-refractivity contribution in [1.82, 2.24) is 14.4 Å². The molecule has 240 valence electrons. The number of benzene rings is 4. The molecule has 0 bridgehead atoms. The number of nitrogens with zero attached hydrogens (tertiary/aromatic N) is 4. The van der Waals surface area contributed by atoms with E-state index in [4.69, 9.17) is 11.6 Å². The fourth-order valence-corrected chi connectivity index (χ4v) is 6.55. The minimum Gasteiger partial charge on any atom is -0.508 e. The average molecular weight is 647 g/mol. The summed E-state index contributed by atoms with van der Waals surface area (Å²) in [5.41, 5.74) is 7.02. The first kappa shape index (κ1) is 32.1. The second kappa shape index (κ2) is 13.5. The molecular formula is C39H39ClN4O3. The molecule has 1 N–H and O–H groups in total. The Morgan fingerprint density at radius 2 is 1.51 bits per heavy atom. The number of carbonyl (C=O) groups is 2. The van der Waals surface area contributed by atoms with Crippen molar-refractivity contribution in [3.05, 3.63) is 136 Å². The normalized spacial score (nSPS) is 14.3. The van der Waals surface area contributed by atoms with Crippen molar-refractivity contribution >= 4 is 34.8 Å². The van der Waals surface area contributed by atoms with Gasteiger partial charge in [-0.15, -0.1) is 0 Å². The molecule has 5 aromatic rings. The largest absolute Gasteiger partial charge is 0.508 e. The van der Waals surface area contributed by atoms with Crippen molar-refractivity contribution in [3.8, 4) is 17.0 Å². The summed E-state index contributed by atoms with van der Waals surface area (Å²) in [5, 5.41) is 10.5. The van der Waals surface area contributed by atoms with E-state index < -0.39 is 0 Å². The summed E-state index contributed by atoms with van der Waals surface area (Å²) in [6.45, 7) is 5.88. The maximum absolute atomic E-state index is 14.6. The lowest BCUT2D eigenvalue weighted by molar-refractivity contribution is 0.0659. The Morgan fingerprint density at radius 3 is 2.21 bits per heavy atom. The molecule has 47 heavy (non-hydrogen) atoms. The summed E-state index contributed by atoms with van der Waals surface area (Å²) in [4.78, 5) is 34.7. The number of carbonyl (C=O) groups excluding carboxylic acids is 2. The van der Waals surface area contributed by atoms with Gasteiger partial charge in [0.2, 0.25) is 0 Å². The van der Waals surface area contributed by atoms with Crippen LogP contribution in [0.2, 0.25) is 5.02 Å². The maximum Gasteiger partial charge on any atom is 0.264 e. The maximum atomic E-state index is 14.6. The van der Waals surface area contributed by atoms with Gasteiger partial charge in [0.15, 0.2) is 0 Å². The van der Waals surface area contributed by atoms with Crippen molar-refractivity contribution < 1.29 is 14.7 Å². The van der Waals surface area contributed by atoms with Crippen molar-refractivity contribution in [2.45, 2.75) is 39.4 Å². The van der Waals surface area contributed by atoms with Crippen molar-refractivity contribution in [2.75, 3.05) is 25.5 Å². The van der Waals surface area contributed by atoms with Gasteiger partial charge < -0.3 is 19.5 Å². The van der Waals surface area contributed by atoms with Crippen LogP contribution in [-0.4, -0.2) is 58.0 Å². The first-order valence-electron chi connectivity index (χ1n) is 15.8. The molecule has 0 aliphatic carbocycles. The third kappa shape index (κ3) is 6.55. The van der Waals surface area contributed by atoms with Crippen LogP contribution in [0.4, 0.5) is 11.4 Å². The molecule has 0 saturated carbocycles. The zero-order valence-corrected chi connectivity index (χ0v) is 27.9. The first-order valence-corrected chi connectivity index (χ1v) is 16.2. The van der Waals surface area contributed by atoms with Gasteiger partial charge in [-0.05, 0) is 106 Å². The second-order valence-electron chi connectivity index (χ2n) is 12.4. The molecule has 1 atom stereocenters. The van der Waals surface area contributed by atoms with Crippen LogP contribution >= 0.6 is 11.6 Å². The highest BCUT2D eigenvalue weighted by molar-refractivity contribution is 6.31. The van der Waals surface area contributed by atoms with Crippen LogP contribution in [-0.2, 0) is 19.5 Å². The SMILES string of the molecule is Cc1c(C(=O)N(c2ccccc2)c2ccc(O)cc2)cc(-c2cc(Cl)ccc2C(=O)N2Cc3ccccc3C[C@H]2C)n1CCN(C)C. The van der Waals surface area contributed by atoms with E-state index in [1.807, 2.05) is 80.5 Å². The Bertz CT molecular complexity index is 1920. The number of likely N-dealkylation sites (N-methyl/N-ethyl adjacent to an activating group) is 1. The highest BCUT2D eigenvalue weighted by atomic mass is 35.5. The molecule has 0 saturated heterocycles. The number of hydrogen-bond donors (Lipinski definition) is 1. The number of amides is 2. The number of phenolic OH excluding ortho intramolecular Hbond substituents is 1. The number of phenols is 1. The van der Waals surface area contributed by atoms with Gasteiger partial charge in [0.05, 0.1) is 5.56 Å². The third-order valence-corrected chi connectivity index (χ3v) is 9.18. The third-order valence-electron chi connectivity index (χ3n) is 8.95. The van der Waals surface area contributed by atoms with Crippen molar-refractivity contribution in [1.29, 1.82) is 0 Å². The Morgan fingerprint density at radius 1 is 0.851 bits per heavy atom. The Kier molecular flexibility index (Phi) is 9.21. The number of rotatable bonds is 8. The molecule has 2 amide bonds. The lowest BCUT2D eigenvalue weighted by atomic mass is 9.93. The number of aromatic hydroxyl groups is 1. The van der Waals surface area contributed by atoms with Crippen LogP contribution in [0.25, 0.3) is 11.3 Å². The minimum atomic E-state index is -0.222. The molecule has 1 aliphatic heterocycles. The molecule has 1 aliphatic rings. The zero-order chi connectivity index (χ0) is 33.2. The summed E-state index contributed by atoms with van der Waals surface area (Å²) in [5.74, 6) is -0.174. The number of aromatic nitrogens is 1. The molecule has 0 fully saturated rings. The van der Waals surface area contributed by atoms with Gasteiger partial charge in [0, 0.05) is 64.6 Å². The Labute approximate surface area is 281 Å². The standard InChI is InChI=1S/C39H39ClN4O3/c1-26-22-28-10-8-9-11-29(28)25-43(26)38(46)34-19-14-30(40)23-36(34)37-24-35(27(2)42(37)21-20-41(3)4)39(47)44(31-12-6-5-7-13-31)32-15-17-33(45)18-16-32/h5-19,23-24,26,45H,20-22,25H2,1-4H3/t26-/m1/s1. The summed E-state index contributed by atoms with van der Waals surface area (Å²) >= 11 is 6.63. The summed E-state index contributed by atoms with van der Waals surface area (Å²) in [6, 6.07) is 31.6. The average Bonchev–Trinajstić information content (AvgIpc) is 3.40. The topological polar surface area (TPSA) is 69.0 Å². The monoisotopic (exact) mass is 646 g/mol. The van der Waals surface area contributed by atoms with E-state index in [0.717, 1.165) is 29.9 Å². The molecule has 0 unspecified atom stereocenters. The van der Waals surface area contributed by atoms with E-state index in [-0.39, 0.29) is 23.6 Å². The van der Waals surface area contributed by atoms with Gasteiger partial charge >= 0.3 is 0 Å². The number of para-hydroxylation sites is 1. The smallest absolute Gasteiger partial charge is 0.264 e. The van der Waals surface area contributed by atoms with Crippen LogP contribution in [0.1, 0.15) is 44.5 Å². The Hall–Kier alpha value is -4.85. The van der Waals surface area contributed by atoms with Gasteiger partial charge in [-0.2, -0.15) is 0 Å². The highest BCUT2D eigenvalue weighted by Crippen LogP contribution is 2.36. The molecule has 4 aromatic carbocycles. The number of fused-ring (bicyclic) bond motifs is 1. The molecule has 2 heterocycles. The van der Waals surface area contributed by atoms with Crippen LogP contribution in [0.5, 0.6) is 5.75 Å². The summed E-state index contributed by atoms with van der Waals surface area (Å²) in [6.07, 6.45) is 0.786. The lowest BCUT2D eigenvalue weighted by Crippen LogP contribution is -2.42. The van der Waals surface area contributed by atoms with Gasteiger partial charge in [0.25, 0.3) is 11.8 Å².